The Balaban J connectivity index is 1.68. The standard InChI is InChI=1S/C24H33NO/c1-15-16(2)24-12-9-18-7-8-19(26)13-21(18)23(24,3)11-10-20(15)22(24)25(4)14-17-5-6-17/h7-8,13,17,20,22,26H,5-6,9-12,14H2,1-4H3/t20-,22-,23+,24+/m1/s1. The second kappa shape index (κ2) is 5.38. The van der Waals surface area contributed by atoms with Crippen LogP contribution < -0.4 is 0 Å². The molecule has 0 aliphatic heterocycles. The summed E-state index contributed by atoms with van der Waals surface area (Å²) in [5.74, 6) is 2.10. The number of rotatable bonds is 3. The first-order chi connectivity index (χ1) is 12.4. The molecule has 0 saturated heterocycles. The highest BCUT2D eigenvalue weighted by molar-refractivity contribution is 5.51. The van der Waals surface area contributed by atoms with Crippen LogP contribution in [0, 0.1) is 17.3 Å². The summed E-state index contributed by atoms with van der Waals surface area (Å²) in [4.78, 5) is 2.74. The SMILES string of the molecule is CC1=C(C)[C@]23CCc4ccc(O)cc4[C@]2(C)CC[C@H]1[C@H]3N(C)CC1CC1. The fourth-order valence-corrected chi connectivity index (χ4v) is 7.33. The minimum absolute atomic E-state index is 0.139. The number of hydrogen-bond donors (Lipinski definition) is 1. The molecule has 4 atom stereocenters. The van der Waals surface area contributed by atoms with Crippen molar-refractivity contribution in [3.8, 4) is 5.75 Å². The topological polar surface area (TPSA) is 23.5 Å². The Morgan fingerprint density at radius 3 is 2.65 bits per heavy atom. The van der Waals surface area contributed by atoms with Crippen LogP contribution in [0.2, 0.25) is 0 Å². The quantitative estimate of drug-likeness (QED) is 0.770. The molecule has 1 N–H and O–H groups in total. The van der Waals surface area contributed by atoms with Gasteiger partial charge >= 0.3 is 0 Å². The summed E-state index contributed by atoms with van der Waals surface area (Å²) in [6, 6.07) is 6.79. The molecule has 2 bridgehead atoms. The van der Waals surface area contributed by atoms with Gasteiger partial charge in [0.2, 0.25) is 0 Å². The van der Waals surface area contributed by atoms with Crippen molar-refractivity contribution in [3.63, 3.8) is 0 Å². The maximum Gasteiger partial charge on any atom is 0.115 e. The van der Waals surface area contributed by atoms with Gasteiger partial charge < -0.3 is 10.0 Å². The van der Waals surface area contributed by atoms with Gasteiger partial charge in [-0.3, -0.25) is 0 Å². The lowest BCUT2D eigenvalue weighted by Crippen LogP contribution is -2.62. The number of aromatic hydroxyl groups is 1. The molecule has 0 radical (unpaired) electrons. The van der Waals surface area contributed by atoms with E-state index >= 15 is 0 Å². The van der Waals surface area contributed by atoms with E-state index in [-0.39, 0.29) is 10.8 Å². The number of nitrogens with zero attached hydrogens (tertiary/aromatic N) is 1. The van der Waals surface area contributed by atoms with Crippen LogP contribution >= 0.6 is 0 Å². The molecular weight excluding hydrogens is 318 g/mol. The molecule has 4 aliphatic carbocycles. The molecule has 26 heavy (non-hydrogen) atoms. The highest BCUT2D eigenvalue weighted by Gasteiger charge is 2.65. The van der Waals surface area contributed by atoms with E-state index in [2.05, 4.69) is 44.9 Å². The van der Waals surface area contributed by atoms with Gasteiger partial charge in [0, 0.05) is 23.4 Å². The van der Waals surface area contributed by atoms with Crippen LogP contribution in [0.4, 0.5) is 0 Å². The van der Waals surface area contributed by atoms with Gasteiger partial charge in [0.05, 0.1) is 0 Å². The summed E-state index contributed by atoms with van der Waals surface area (Å²) in [5.41, 5.74) is 6.62. The molecule has 140 valence electrons. The van der Waals surface area contributed by atoms with Crippen LogP contribution in [0.25, 0.3) is 0 Å². The van der Waals surface area contributed by atoms with Gasteiger partial charge in [-0.1, -0.05) is 24.1 Å². The van der Waals surface area contributed by atoms with Crippen LogP contribution in [0.1, 0.15) is 64.0 Å². The summed E-state index contributed by atoms with van der Waals surface area (Å²) in [5, 5.41) is 10.3. The van der Waals surface area contributed by atoms with Gasteiger partial charge in [-0.25, -0.2) is 0 Å². The van der Waals surface area contributed by atoms with Crippen molar-refractivity contribution in [2.24, 2.45) is 17.3 Å². The van der Waals surface area contributed by atoms with E-state index in [4.69, 9.17) is 0 Å². The van der Waals surface area contributed by atoms with Crippen molar-refractivity contribution in [1.29, 1.82) is 0 Å². The molecule has 5 rings (SSSR count). The lowest BCUT2D eigenvalue weighted by molar-refractivity contribution is -0.0214. The number of phenols is 1. The van der Waals surface area contributed by atoms with E-state index in [0.717, 1.165) is 18.3 Å². The van der Waals surface area contributed by atoms with Gasteiger partial charge in [-0.05, 0) is 94.5 Å². The summed E-state index contributed by atoms with van der Waals surface area (Å²) in [7, 11) is 2.40. The van der Waals surface area contributed by atoms with Gasteiger partial charge in [-0.2, -0.15) is 0 Å². The van der Waals surface area contributed by atoms with Crippen LogP contribution in [0.3, 0.4) is 0 Å². The molecule has 0 amide bonds. The van der Waals surface area contributed by atoms with Crippen molar-refractivity contribution in [2.75, 3.05) is 13.6 Å². The zero-order valence-electron chi connectivity index (χ0n) is 16.8. The van der Waals surface area contributed by atoms with Crippen LogP contribution in [-0.4, -0.2) is 29.6 Å². The third-order valence-electron chi connectivity index (χ3n) is 8.84. The number of hydrogen-bond acceptors (Lipinski definition) is 2. The Bertz CT molecular complexity index is 791. The van der Waals surface area contributed by atoms with Crippen LogP contribution in [-0.2, 0) is 11.8 Å². The summed E-state index contributed by atoms with van der Waals surface area (Å²) in [6.07, 6.45) is 7.80. The third-order valence-corrected chi connectivity index (χ3v) is 8.84. The average molecular weight is 352 g/mol. The van der Waals surface area contributed by atoms with E-state index < -0.39 is 0 Å². The van der Waals surface area contributed by atoms with Crippen molar-refractivity contribution in [3.05, 3.63) is 40.5 Å². The molecule has 0 aromatic heterocycles. The number of aryl methyl sites for hydroxylation is 1. The van der Waals surface area contributed by atoms with Gasteiger partial charge in [0.1, 0.15) is 5.75 Å². The molecular formula is C24H33NO. The van der Waals surface area contributed by atoms with E-state index in [0.29, 0.717) is 11.8 Å². The molecule has 2 heteroatoms. The molecule has 4 aliphatic rings. The Morgan fingerprint density at radius 2 is 1.92 bits per heavy atom. The molecule has 2 fully saturated rings. The van der Waals surface area contributed by atoms with E-state index in [1.54, 1.807) is 11.1 Å². The monoisotopic (exact) mass is 351 g/mol. The minimum Gasteiger partial charge on any atom is -0.508 e. The van der Waals surface area contributed by atoms with E-state index in [1.165, 1.54) is 49.8 Å². The molecule has 1 aromatic carbocycles. The third kappa shape index (κ3) is 1.97. The molecule has 2 saturated carbocycles. The van der Waals surface area contributed by atoms with Crippen LogP contribution in [0.5, 0.6) is 5.75 Å². The lowest BCUT2D eigenvalue weighted by atomic mass is 9.46. The largest absolute Gasteiger partial charge is 0.508 e. The van der Waals surface area contributed by atoms with Gasteiger partial charge in [-0.15, -0.1) is 0 Å². The average Bonchev–Trinajstić information content (AvgIpc) is 3.40. The maximum absolute atomic E-state index is 10.3. The van der Waals surface area contributed by atoms with Crippen molar-refractivity contribution >= 4 is 0 Å². The number of fused-ring (bicyclic) bond motifs is 3. The second-order valence-electron chi connectivity index (χ2n) is 9.93. The Hall–Kier alpha value is -1.28. The normalized spacial score (nSPS) is 38.5. The summed E-state index contributed by atoms with van der Waals surface area (Å²) >= 11 is 0. The second-order valence-corrected chi connectivity index (χ2v) is 9.93. The number of phenolic OH excluding ortho intramolecular Hbond substituents is 1. The zero-order valence-corrected chi connectivity index (χ0v) is 16.8. The van der Waals surface area contributed by atoms with Gasteiger partial charge in [0.15, 0.2) is 0 Å². The molecule has 1 spiro atoms. The zero-order chi connectivity index (χ0) is 18.3. The fourth-order valence-electron chi connectivity index (χ4n) is 7.33. The molecule has 2 nitrogen and oxygen atoms in total. The fraction of sp³-hybridized carbons (Fsp3) is 0.667. The lowest BCUT2D eigenvalue weighted by Gasteiger charge is -2.61. The smallest absolute Gasteiger partial charge is 0.115 e. The van der Waals surface area contributed by atoms with E-state index in [1.807, 2.05) is 6.07 Å². The predicted octanol–water partition coefficient (Wildman–Crippen LogP) is 5.05. The number of benzene rings is 1. The van der Waals surface area contributed by atoms with Crippen molar-refractivity contribution in [2.45, 2.75) is 70.8 Å². The molecule has 0 heterocycles. The first kappa shape index (κ1) is 16.9. The van der Waals surface area contributed by atoms with Gasteiger partial charge in [0.25, 0.3) is 0 Å². The summed E-state index contributed by atoms with van der Waals surface area (Å²) in [6.45, 7) is 8.63. The minimum atomic E-state index is 0.139. The Morgan fingerprint density at radius 1 is 1.15 bits per heavy atom. The van der Waals surface area contributed by atoms with Crippen LogP contribution in [0.15, 0.2) is 29.3 Å². The van der Waals surface area contributed by atoms with Crippen molar-refractivity contribution < 1.29 is 5.11 Å². The molecule has 0 unspecified atom stereocenters. The predicted molar refractivity (Wildman–Crippen MR) is 106 cm³/mol. The Kier molecular flexibility index (Phi) is 3.49. The summed E-state index contributed by atoms with van der Waals surface area (Å²) < 4.78 is 0. The Labute approximate surface area is 158 Å². The first-order valence-corrected chi connectivity index (χ1v) is 10.6. The van der Waals surface area contributed by atoms with Crippen molar-refractivity contribution in [1.82, 2.24) is 4.90 Å². The first-order valence-electron chi connectivity index (χ1n) is 10.6. The molecule has 1 aromatic rings. The highest BCUT2D eigenvalue weighted by atomic mass is 16.3. The highest BCUT2D eigenvalue weighted by Crippen LogP contribution is 2.68. The maximum atomic E-state index is 10.3. The van der Waals surface area contributed by atoms with E-state index in [9.17, 15) is 5.11 Å².